The van der Waals surface area contributed by atoms with Crippen molar-refractivity contribution in [1.29, 1.82) is 0 Å². The highest BCUT2D eigenvalue weighted by Crippen LogP contribution is 2.16. The van der Waals surface area contributed by atoms with Gasteiger partial charge in [0, 0.05) is 32.4 Å². The fourth-order valence-electron chi connectivity index (χ4n) is 2.02. The predicted molar refractivity (Wildman–Crippen MR) is 79.6 cm³/mol. The molecule has 0 saturated heterocycles. The fraction of sp³-hybridized carbons (Fsp3) is 0.667. The molecule has 3 N–H and O–H groups in total. The lowest BCUT2D eigenvalue weighted by Crippen LogP contribution is -2.54. The third kappa shape index (κ3) is 3.25. The Morgan fingerprint density at radius 1 is 1.24 bits per heavy atom. The Morgan fingerprint density at radius 2 is 1.76 bits per heavy atom. The van der Waals surface area contributed by atoms with Gasteiger partial charge < -0.3 is 10.3 Å². The number of aromatic nitrogens is 2. The van der Waals surface area contributed by atoms with Gasteiger partial charge in [-0.2, -0.15) is 0 Å². The monoisotopic (exact) mass is 318 g/mol. The summed E-state index contributed by atoms with van der Waals surface area (Å²) in [5.41, 5.74) is 3.42. The van der Waals surface area contributed by atoms with Crippen molar-refractivity contribution in [3.05, 3.63) is 27.0 Å². The number of hydrogen-bond donors (Lipinski definition) is 2. The van der Waals surface area contributed by atoms with Gasteiger partial charge in [-0.15, -0.1) is 0 Å². The Morgan fingerprint density at radius 3 is 2.19 bits per heavy atom. The van der Waals surface area contributed by atoms with Crippen LogP contribution < -0.4 is 21.7 Å². The minimum absolute atomic E-state index is 0.116. The number of hydrogen-bond acceptors (Lipinski definition) is 5. The van der Waals surface area contributed by atoms with E-state index >= 15 is 0 Å². The summed E-state index contributed by atoms with van der Waals surface area (Å²) in [6.45, 7) is 3.75. The van der Waals surface area contributed by atoms with E-state index in [4.69, 9.17) is 5.73 Å². The quantitative estimate of drug-likeness (QED) is 0.689. The van der Waals surface area contributed by atoms with Crippen LogP contribution in [0, 0.1) is 0 Å². The van der Waals surface area contributed by atoms with E-state index < -0.39 is 31.7 Å². The van der Waals surface area contributed by atoms with E-state index in [0.717, 1.165) is 15.3 Å². The molecule has 0 radical (unpaired) electrons. The smallest absolute Gasteiger partial charge is 0.329 e. The van der Waals surface area contributed by atoms with Gasteiger partial charge in [-0.05, 0) is 12.8 Å². The van der Waals surface area contributed by atoms with E-state index in [9.17, 15) is 18.0 Å². The number of rotatable bonds is 6. The van der Waals surface area contributed by atoms with E-state index in [1.54, 1.807) is 0 Å². The van der Waals surface area contributed by atoms with Crippen molar-refractivity contribution in [2.75, 3.05) is 6.54 Å². The molecule has 1 rings (SSSR count). The third-order valence-electron chi connectivity index (χ3n) is 3.80. The van der Waals surface area contributed by atoms with Crippen molar-refractivity contribution in [3.63, 3.8) is 0 Å². The zero-order valence-electron chi connectivity index (χ0n) is 12.7. The molecule has 120 valence electrons. The van der Waals surface area contributed by atoms with Crippen molar-refractivity contribution in [3.8, 4) is 0 Å². The van der Waals surface area contributed by atoms with Crippen LogP contribution >= 0.6 is 0 Å². The first kappa shape index (κ1) is 17.6. The number of nitrogens with one attached hydrogen (secondary N) is 1. The van der Waals surface area contributed by atoms with Gasteiger partial charge in [0.05, 0.1) is 0 Å². The summed E-state index contributed by atoms with van der Waals surface area (Å²) in [5.74, 6) is 0. The van der Waals surface area contributed by atoms with Gasteiger partial charge in [-0.25, -0.2) is 17.9 Å². The van der Waals surface area contributed by atoms with Gasteiger partial charge in [0.25, 0.3) is 5.56 Å². The normalized spacial score (nSPS) is 12.6. The minimum Gasteiger partial charge on any atom is -0.329 e. The predicted octanol–water partition coefficient (Wildman–Crippen LogP) is -1.12. The molecule has 8 nitrogen and oxygen atoms in total. The standard InChI is InChI=1S/C12H22N4O4S/c1-5-12(6-2,8-13)14-21(19,20)9-7-15(3)11(18)16(4)10(9)17/h7,14H,5-6,8,13H2,1-4H3. The molecular weight excluding hydrogens is 296 g/mol. The lowest BCUT2D eigenvalue weighted by molar-refractivity contribution is 0.362. The molecule has 0 bridgehead atoms. The average molecular weight is 318 g/mol. The van der Waals surface area contributed by atoms with Crippen LogP contribution in [0.2, 0.25) is 0 Å². The first-order valence-electron chi connectivity index (χ1n) is 6.65. The Kier molecular flexibility index (Phi) is 5.13. The first-order valence-corrected chi connectivity index (χ1v) is 8.13. The number of nitrogens with two attached hydrogens (primary N) is 1. The van der Waals surface area contributed by atoms with Crippen molar-refractivity contribution in [2.24, 2.45) is 19.8 Å². The summed E-state index contributed by atoms with van der Waals surface area (Å²) in [6, 6.07) is 0. The van der Waals surface area contributed by atoms with Crippen LogP contribution in [-0.2, 0) is 24.1 Å². The molecule has 0 unspecified atom stereocenters. The molecule has 1 aromatic heterocycles. The molecule has 0 saturated carbocycles. The van der Waals surface area contributed by atoms with Crippen LogP contribution in [0.3, 0.4) is 0 Å². The molecular formula is C12H22N4O4S. The van der Waals surface area contributed by atoms with Crippen LogP contribution in [-0.4, -0.2) is 29.6 Å². The van der Waals surface area contributed by atoms with Crippen LogP contribution in [0.15, 0.2) is 20.7 Å². The topological polar surface area (TPSA) is 116 Å². The van der Waals surface area contributed by atoms with Gasteiger partial charge in [0.2, 0.25) is 10.0 Å². The molecule has 0 atom stereocenters. The van der Waals surface area contributed by atoms with Crippen LogP contribution in [0.4, 0.5) is 0 Å². The van der Waals surface area contributed by atoms with E-state index in [2.05, 4.69) is 4.72 Å². The fourth-order valence-corrected chi connectivity index (χ4v) is 3.74. The van der Waals surface area contributed by atoms with Gasteiger partial charge in [-0.1, -0.05) is 13.8 Å². The summed E-state index contributed by atoms with van der Waals surface area (Å²) in [7, 11) is -1.45. The van der Waals surface area contributed by atoms with Gasteiger partial charge >= 0.3 is 5.69 Å². The van der Waals surface area contributed by atoms with Gasteiger partial charge in [0.15, 0.2) is 4.90 Å². The molecule has 9 heteroatoms. The molecule has 0 aliphatic heterocycles. The number of sulfonamides is 1. The summed E-state index contributed by atoms with van der Waals surface area (Å²) in [4.78, 5) is 23.2. The maximum Gasteiger partial charge on any atom is 0.330 e. The molecule has 0 fully saturated rings. The SMILES string of the molecule is CCC(CC)(CN)NS(=O)(=O)c1cn(C)c(=O)n(C)c1=O. The average Bonchev–Trinajstić information content (AvgIpc) is 2.46. The summed E-state index contributed by atoms with van der Waals surface area (Å²) < 4.78 is 29.3. The molecule has 21 heavy (non-hydrogen) atoms. The molecule has 1 aromatic rings. The number of nitrogens with zero attached hydrogens (tertiary/aromatic N) is 2. The highest BCUT2D eigenvalue weighted by Gasteiger charge is 2.32. The van der Waals surface area contributed by atoms with Crippen molar-refractivity contribution in [2.45, 2.75) is 37.1 Å². The Bertz CT molecular complexity index is 720. The van der Waals surface area contributed by atoms with Gasteiger partial charge in [-0.3, -0.25) is 9.36 Å². The second-order valence-corrected chi connectivity index (χ2v) is 6.70. The maximum atomic E-state index is 12.5. The van der Waals surface area contributed by atoms with E-state index in [0.29, 0.717) is 12.8 Å². The lowest BCUT2D eigenvalue weighted by atomic mass is 9.95. The maximum absolute atomic E-state index is 12.5. The molecule has 1 heterocycles. The molecule has 0 aliphatic rings. The third-order valence-corrected chi connectivity index (χ3v) is 5.36. The molecule has 0 amide bonds. The van der Waals surface area contributed by atoms with Crippen molar-refractivity contribution in [1.82, 2.24) is 13.9 Å². The first-order chi connectivity index (χ1) is 9.64. The van der Waals surface area contributed by atoms with Crippen LogP contribution in [0.5, 0.6) is 0 Å². The van der Waals surface area contributed by atoms with E-state index in [1.807, 2.05) is 13.8 Å². The highest BCUT2D eigenvalue weighted by molar-refractivity contribution is 7.89. The van der Waals surface area contributed by atoms with Crippen molar-refractivity contribution < 1.29 is 8.42 Å². The Hall–Kier alpha value is -1.45. The minimum atomic E-state index is -4.07. The number of aryl methyl sites for hydroxylation is 1. The van der Waals surface area contributed by atoms with E-state index in [1.165, 1.54) is 14.1 Å². The molecule has 0 aromatic carbocycles. The Labute approximate surface area is 123 Å². The summed E-state index contributed by atoms with van der Waals surface area (Å²) in [5, 5.41) is 0. The molecule has 0 aliphatic carbocycles. The van der Waals surface area contributed by atoms with Crippen LogP contribution in [0.1, 0.15) is 26.7 Å². The largest absolute Gasteiger partial charge is 0.330 e. The highest BCUT2D eigenvalue weighted by atomic mass is 32.2. The zero-order valence-corrected chi connectivity index (χ0v) is 13.5. The zero-order chi connectivity index (χ0) is 16.4. The second-order valence-electron chi connectivity index (χ2n) is 5.05. The second kappa shape index (κ2) is 6.12. The summed E-state index contributed by atoms with van der Waals surface area (Å²) >= 11 is 0. The molecule has 0 spiro atoms. The van der Waals surface area contributed by atoms with Crippen LogP contribution in [0.25, 0.3) is 0 Å². The van der Waals surface area contributed by atoms with Crippen molar-refractivity contribution >= 4 is 10.0 Å². The lowest BCUT2D eigenvalue weighted by Gasteiger charge is -2.30. The van der Waals surface area contributed by atoms with E-state index in [-0.39, 0.29) is 6.54 Å². The Balaban J connectivity index is 3.47. The van der Waals surface area contributed by atoms with Gasteiger partial charge in [0.1, 0.15) is 0 Å². The summed E-state index contributed by atoms with van der Waals surface area (Å²) in [6.07, 6.45) is 2.01.